The number of aryl methyl sites for hydroxylation is 1. The number of halogens is 1. The van der Waals surface area contributed by atoms with Crippen molar-refractivity contribution in [2.45, 2.75) is 46.1 Å². The first-order valence-corrected chi connectivity index (χ1v) is 9.08. The van der Waals surface area contributed by atoms with Crippen LogP contribution in [0.25, 0.3) is 10.9 Å². The van der Waals surface area contributed by atoms with E-state index >= 15 is 0 Å². The van der Waals surface area contributed by atoms with E-state index in [2.05, 4.69) is 36.0 Å². The molecule has 1 aromatic heterocycles. The van der Waals surface area contributed by atoms with Crippen LogP contribution < -0.4 is 5.32 Å². The molecular formula is C20H28FN3O. The maximum absolute atomic E-state index is 13.5. The van der Waals surface area contributed by atoms with Crippen molar-refractivity contribution in [3.63, 3.8) is 0 Å². The Kier molecular flexibility index (Phi) is 4.87. The van der Waals surface area contributed by atoms with E-state index in [1.807, 2.05) is 6.92 Å². The minimum absolute atomic E-state index is 0.0849. The zero-order valence-corrected chi connectivity index (χ0v) is 15.6. The molecule has 1 unspecified atom stereocenters. The number of carbonyl (C=O) groups is 1. The summed E-state index contributed by atoms with van der Waals surface area (Å²) in [7, 11) is 0. The first kappa shape index (κ1) is 17.9. The Hall–Kier alpha value is -1.88. The summed E-state index contributed by atoms with van der Waals surface area (Å²) in [6.07, 6.45) is 2.50. The summed E-state index contributed by atoms with van der Waals surface area (Å²) >= 11 is 0. The van der Waals surface area contributed by atoms with E-state index in [0.717, 1.165) is 24.0 Å². The number of fused-ring (bicyclic) bond motifs is 1. The van der Waals surface area contributed by atoms with Crippen molar-refractivity contribution >= 4 is 16.8 Å². The predicted octanol–water partition coefficient (Wildman–Crippen LogP) is 3.86. The van der Waals surface area contributed by atoms with Gasteiger partial charge in [-0.1, -0.05) is 6.92 Å². The molecule has 1 amide bonds. The van der Waals surface area contributed by atoms with Crippen molar-refractivity contribution in [2.24, 2.45) is 5.92 Å². The van der Waals surface area contributed by atoms with Crippen molar-refractivity contribution in [3.05, 3.63) is 35.3 Å². The lowest BCUT2D eigenvalue weighted by Crippen LogP contribution is -2.54. The molecule has 2 heterocycles. The molecule has 3 rings (SSSR count). The molecule has 0 radical (unpaired) electrons. The summed E-state index contributed by atoms with van der Waals surface area (Å²) in [5, 5.41) is 3.93. The summed E-state index contributed by atoms with van der Waals surface area (Å²) in [4.78, 5) is 18.0. The van der Waals surface area contributed by atoms with Crippen molar-refractivity contribution in [1.82, 2.24) is 15.2 Å². The molecule has 0 saturated carbocycles. The molecule has 4 nitrogen and oxygen atoms in total. The zero-order valence-electron chi connectivity index (χ0n) is 15.6. The zero-order chi connectivity index (χ0) is 18.2. The second-order valence-corrected chi connectivity index (χ2v) is 8.06. The van der Waals surface area contributed by atoms with Crippen molar-refractivity contribution in [3.8, 4) is 0 Å². The van der Waals surface area contributed by atoms with Crippen molar-refractivity contribution in [1.29, 1.82) is 0 Å². The van der Waals surface area contributed by atoms with Crippen LogP contribution in [0.4, 0.5) is 4.39 Å². The van der Waals surface area contributed by atoms with Crippen LogP contribution in [-0.4, -0.2) is 41.0 Å². The number of amides is 1. The normalized spacial score (nSPS) is 19.3. The predicted molar refractivity (Wildman–Crippen MR) is 99.4 cm³/mol. The van der Waals surface area contributed by atoms with Gasteiger partial charge in [-0.3, -0.25) is 9.69 Å². The minimum atomic E-state index is -0.292. The average molecular weight is 345 g/mol. The van der Waals surface area contributed by atoms with Gasteiger partial charge in [0.15, 0.2) is 0 Å². The third kappa shape index (κ3) is 3.87. The lowest BCUT2D eigenvalue weighted by atomic mass is 9.93. The van der Waals surface area contributed by atoms with E-state index in [-0.39, 0.29) is 17.3 Å². The number of hydrogen-bond acceptors (Lipinski definition) is 2. The molecule has 1 aromatic carbocycles. The van der Waals surface area contributed by atoms with Crippen LogP contribution in [0.1, 0.15) is 49.7 Å². The Morgan fingerprint density at radius 3 is 2.88 bits per heavy atom. The fraction of sp³-hybridized carbons (Fsp3) is 0.550. The van der Waals surface area contributed by atoms with Gasteiger partial charge in [0.1, 0.15) is 11.5 Å². The number of carbonyl (C=O) groups excluding carboxylic acids is 1. The molecule has 5 heteroatoms. The second kappa shape index (κ2) is 6.79. The van der Waals surface area contributed by atoms with Crippen LogP contribution in [0.5, 0.6) is 0 Å². The van der Waals surface area contributed by atoms with Gasteiger partial charge in [-0.15, -0.1) is 0 Å². The number of rotatable bonds is 4. The van der Waals surface area contributed by atoms with Gasteiger partial charge in [-0.25, -0.2) is 4.39 Å². The molecule has 136 valence electrons. The first-order chi connectivity index (χ1) is 11.8. The van der Waals surface area contributed by atoms with Crippen LogP contribution >= 0.6 is 0 Å². The third-order valence-electron chi connectivity index (χ3n) is 5.35. The molecule has 1 aliphatic heterocycles. The molecular weight excluding hydrogens is 317 g/mol. The summed E-state index contributed by atoms with van der Waals surface area (Å²) in [5.74, 6) is 0.267. The van der Waals surface area contributed by atoms with Crippen LogP contribution in [0.2, 0.25) is 0 Å². The molecule has 0 aliphatic carbocycles. The molecule has 2 aromatic rings. The fourth-order valence-electron chi connectivity index (χ4n) is 3.74. The number of aromatic amines is 1. The van der Waals surface area contributed by atoms with Gasteiger partial charge in [-0.05, 0) is 69.8 Å². The van der Waals surface area contributed by atoms with Crippen molar-refractivity contribution < 1.29 is 9.18 Å². The van der Waals surface area contributed by atoms with Gasteiger partial charge in [0, 0.05) is 29.5 Å². The summed E-state index contributed by atoms with van der Waals surface area (Å²) in [5.41, 5.74) is 1.88. The molecule has 0 bridgehead atoms. The summed E-state index contributed by atoms with van der Waals surface area (Å²) < 4.78 is 13.5. The van der Waals surface area contributed by atoms with Crippen LogP contribution in [0, 0.1) is 18.7 Å². The smallest absolute Gasteiger partial charge is 0.267 e. The highest BCUT2D eigenvalue weighted by Crippen LogP contribution is 2.24. The number of likely N-dealkylation sites (tertiary alicyclic amines) is 1. The topological polar surface area (TPSA) is 48.1 Å². The highest BCUT2D eigenvalue weighted by Gasteiger charge is 2.30. The lowest BCUT2D eigenvalue weighted by Gasteiger charge is -2.43. The molecule has 2 N–H and O–H groups in total. The Labute approximate surface area is 148 Å². The van der Waals surface area contributed by atoms with E-state index < -0.39 is 0 Å². The van der Waals surface area contributed by atoms with Crippen LogP contribution in [0.15, 0.2) is 18.2 Å². The largest absolute Gasteiger partial charge is 0.350 e. The second-order valence-electron chi connectivity index (χ2n) is 8.06. The Morgan fingerprint density at radius 1 is 1.40 bits per heavy atom. The number of H-pyrrole nitrogens is 1. The number of nitrogens with one attached hydrogen (secondary N) is 2. The maximum Gasteiger partial charge on any atom is 0.267 e. The fourth-order valence-corrected chi connectivity index (χ4v) is 3.74. The Bertz CT molecular complexity index is 781. The molecule has 1 saturated heterocycles. The van der Waals surface area contributed by atoms with Gasteiger partial charge in [-0.2, -0.15) is 0 Å². The van der Waals surface area contributed by atoms with E-state index in [1.165, 1.54) is 25.0 Å². The van der Waals surface area contributed by atoms with Crippen molar-refractivity contribution in [2.75, 3.05) is 19.6 Å². The Balaban J connectivity index is 1.69. The quantitative estimate of drug-likeness (QED) is 0.884. The van der Waals surface area contributed by atoms with Gasteiger partial charge < -0.3 is 10.3 Å². The van der Waals surface area contributed by atoms with E-state index in [9.17, 15) is 9.18 Å². The van der Waals surface area contributed by atoms with E-state index in [0.29, 0.717) is 23.7 Å². The molecule has 25 heavy (non-hydrogen) atoms. The highest BCUT2D eigenvalue weighted by molar-refractivity contribution is 5.98. The average Bonchev–Trinajstić information content (AvgIpc) is 2.97. The Morgan fingerprint density at radius 2 is 2.16 bits per heavy atom. The summed E-state index contributed by atoms with van der Waals surface area (Å²) in [6, 6.07) is 4.71. The first-order valence-electron chi connectivity index (χ1n) is 9.08. The van der Waals surface area contributed by atoms with Crippen LogP contribution in [0.3, 0.4) is 0 Å². The standard InChI is InChI=1S/C20H28FN3O/c1-13-6-5-7-24(11-13)20(3,4)12-22-19(25)18-10-16-14(2)8-15(21)9-17(16)23-18/h8-10,13,23H,5-7,11-12H2,1-4H3,(H,22,25). The number of piperidine rings is 1. The number of aromatic nitrogens is 1. The number of nitrogens with zero attached hydrogens (tertiary/aromatic N) is 1. The SMILES string of the molecule is Cc1cc(F)cc2[nH]c(C(=O)NCC(C)(C)N3CCCC(C)C3)cc12. The van der Waals surface area contributed by atoms with Gasteiger partial charge in [0.05, 0.1) is 0 Å². The number of hydrogen-bond donors (Lipinski definition) is 2. The van der Waals surface area contributed by atoms with Gasteiger partial charge in [0.25, 0.3) is 5.91 Å². The number of benzene rings is 1. The van der Waals surface area contributed by atoms with Gasteiger partial charge >= 0.3 is 0 Å². The minimum Gasteiger partial charge on any atom is -0.350 e. The maximum atomic E-state index is 13.5. The van der Waals surface area contributed by atoms with Crippen LogP contribution in [-0.2, 0) is 0 Å². The third-order valence-corrected chi connectivity index (χ3v) is 5.35. The van der Waals surface area contributed by atoms with E-state index in [1.54, 1.807) is 6.07 Å². The highest BCUT2D eigenvalue weighted by atomic mass is 19.1. The van der Waals surface area contributed by atoms with Gasteiger partial charge in [0.2, 0.25) is 0 Å². The molecule has 1 fully saturated rings. The molecule has 1 aliphatic rings. The lowest BCUT2D eigenvalue weighted by molar-refractivity contribution is 0.0656. The molecule has 1 atom stereocenters. The molecule has 0 spiro atoms. The monoisotopic (exact) mass is 345 g/mol. The summed E-state index contributed by atoms with van der Waals surface area (Å²) in [6.45, 7) is 11.2. The van der Waals surface area contributed by atoms with E-state index in [4.69, 9.17) is 0 Å².